The Hall–Kier alpha value is -1.39. The van der Waals surface area contributed by atoms with Crippen molar-refractivity contribution in [1.82, 2.24) is 15.0 Å². The van der Waals surface area contributed by atoms with Gasteiger partial charge in [0.15, 0.2) is 0 Å². The number of halogens is 1. The van der Waals surface area contributed by atoms with Crippen LogP contribution in [0.15, 0.2) is 18.2 Å². The maximum Gasteiger partial charge on any atom is 0.0999 e. The summed E-state index contributed by atoms with van der Waals surface area (Å²) in [6.07, 6.45) is 0.894. The van der Waals surface area contributed by atoms with Gasteiger partial charge in [-0.15, -0.1) is 5.10 Å². The van der Waals surface area contributed by atoms with E-state index in [1.165, 1.54) is 0 Å². The molecule has 0 saturated heterocycles. The number of nitrogens with two attached hydrogens (primary N) is 1. The monoisotopic (exact) mass is 278 g/mol. The summed E-state index contributed by atoms with van der Waals surface area (Å²) in [5.41, 5.74) is 9.75. The van der Waals surface area contributed by atoms with E-state index in [0.717, 1.165) is 29.1 Å². The third kappa shape index (κ3) is 2.96. The van der Waals surface area contributed by atoms with Crippen molar-refractivity contribution in [3.63, 3.8) is 0 Å². The van der Waals surface area contributed by atoms with E-state index in [-0.39, 0.29) is 0 Å². The van der Waals surface area contributed by atoms with E-state index in [1.807, 2.05) is 29.8 Å². The Bertz CT molecular complexity index is 575. The van der Waals surface area contributed by atoms with Gasteiger partial charge in [-0.1, -0.05) is 36.7 Å². The summed E-state index contributed by atoms with van der Waals surface area (Å²) in [5, 5.41) is 9.12. The molecular formula is C14H19ClN4. The molecule has 2 rings (SSSR count). The number of aromatic nitrogens is 3. The molecule has 0 spiro atoms. The van der Waals surface area contributed by atoms with E-state index in [2.05, 4.69) is 24.2 Å². The number of benzene rings is 1. The minimum Gasteiger partial charge on any atom is -0.325 e. The summed E-state index contributed by atoms with van der Waals surface area (Å²) in [4.78, 5) is 0. The quantitative estimate of drug-likeness (QED) is 0.936. The van der Waals surface area contributed by atoms with Gasteiger partial charge in [0.1, 0.15) is 0 Å². The van der Waals surface area contributed by atoms with Gasteiger partial charge in [0, 0.05) is 11.6 Å². The lowest BCUT2D eigenvalue weighted by molar-refractivity contribution is 0.610. The first-order valence-electron chi connectivity index (χ1n) is 6.43. The second kappa shape index (κ2) is 5.72. The highest BCUT2D eigenvalue weighted by atomic mass is 35.5. The average molecular weight is 279 g/mol. The molecule has 1 aromatic heterocycles. The van der Waals surface area contributed by atoms with Gasteiger partial charge >= 0.3 is 0 Å². The van der Waals surface area contributed by atoms with Crippen LogP contribution in [-0.4, -0.2) is 15.0 Å². The van der Waals surface area contributed by atoms with Crippen molar-refractivity contribution in [3.8, 4) is 5.69 Å². The molecule has 19 heavy (non-hydrogen) atoms. The van der Waals surface area contributed by atoms with Crippen molar-refractivity contribution in [2.75, 3.05) is 0 Å². The summed E-state index contributed by atoms with van der Waals surface area (Å²) in [6.45, 7) is 6.78. The van der Waals surface area contributed by atoms with Gasteiger partial charge in [-0.05, 0) is 37.0 Å². The molecule has 2 N–H and O–H groups in total. The number of hydrogen-bond donors (Lipinski definition) is 1. The molecule has 0 bridgehead atoms. The lowest BCUT2D eigenvalue weighted by Crippen LogP contribution is -2.10. The van der Waals surface area contributed by atoms with Crippen LogP contribution in [0, 0.1) is 12.8 Å². The van der Waals surface area contributed by atoms with Crippen molar-refractivity contribution in [2.45, 2.75) is 33.7 Å². The zero-order valence-electron chi connectivity index (χ0n) is 11.5. The fourth-order valence-electron chi connectivity index (χ4n) is 2.09. The lowest BCUT2D eigenvalue weighted by Gasteiger charge is -2.12. The van der Waals surface area contributed by atoms with Gasteiger partial charge in [-0.25, -0.2) is 4.68 Å². The highest BCUT2D eigenvalue weighted by Gasteiger charge is 2.15. The molecule has 1 aromatic carbocycles. The van der Waals surface area contributed by atoms with Gasteiger partial charge in [-0.3, -0.25) is 0 Å². The third-order valence-electron chi connectivity index (χ3n) is 3.04. The predicted octanol–water partition coefficient (Wildman–Crippen LogP) is 2.89. The largest absolute Gasteiger partial charge is 0.325 e. The average Bonchev–Trinajstić information content (AvgIpc) is 2.74. The zero-order chi connectivity index (χ0) is 14.0. The lowest BCUT2D eigenvalue weighted by atomic mass is 10.1. The Kier molecular flexibility index (Phi) is 4.22. The molecule has 0 fully saturated rings. The topological polar surface area (TPSA) is 56.7 Å². The molecule has 0 atom stereocenters. The molecule has 0 amide bonds. The van der Waals surface area contributed by atoms with E-state index in [4.69, 9.17) is 17.3 Å². The molecule has 0 aliphatic carbocycles. The Balaban J connectivity index is 2.55. The van der Waals surface area contributed by atoms with Crippen molar-refractivity contribution in [2.24, 2.45) is 11.7 Å². The fraction of sp³-hybridized carbons (Fsp3) is 0.429. The molecule has 1 heterocycles. The van der Waals surface area contributed by atoms with Gasteiger partial charge < -0.3 is 5.73 Å². The number of nitrogens with zero attached hydrogens (tertiary/aromatic N) is 3. The second-order valence-corrected chi connectivity index (χ2v) is 5.56. The second-order valence-electron chi connectivity index (χ2n) is 5.13. The van der Waals surface area contributed by atoms with E-state index in [1.54, 1.807) is 0 Å². The minimum atomic E-state index is 0.404. The standard InChI is InChI=1S/C14H19ClN4/c1-9(2)6-14-12(8-16)17-18-19(14)13-7-11(15)5-4-10(13)3/h4-5,7,9H,6,8,16H2,1-3H3. The Morgan fingerprint density at radius 2 is 2.11 bits per heavy atom. The van der Waals surface area contributed by atoms with Crippen LogP contribution in [-0.2, 0) is 13.0 Å². The van der Waals surface area contributed by atoms with Crippen molar-refractivity contribution in [1.29, 1.82) is 0 Å². The first kappa shape index (κ1) is 14.0. The molecule has 2 aromatic rings. The molecule has 102 valence electrons. The molecule has 0 aliphatic heterocycles. The highest BCUT2D eigenvalue weighted by molar-refractivity contribution is 6.30. The predicted molar refractivity (Wildman–Crippen MR) is 77.5 cm³/mol. The summed E-state index contributed by atoms with van der Waals surface area (Å²) in [5.74, 6) is 0.516. The Labute approximate surface area is 118 Å². The van der Waals surface area contributed by atoms with Crippen molar-refractivity contribution >= 4 is 11.6 Å². The van der Waals surface area contributed by atoms with Crippen LogP contribution >= 0.6 is 11.6 Å². The number of rotatable bonds is 4. The molecule has 0 aliphatic rings. The number of aryl methyl sites for hydroxylation is 1. The molecule has 5 heteroatoms. The fourth-order valence-corrected chi connectivity index (χ4v) is 2.25. The van der Waals surface area contributed by atoms with Crippen LogP contribution in [0.1, 0.15) is 30.8 Å². The zero-order valence-corrected chi connectivity index (χ0v) is 12.3. The minimum absolute atomic E-state index is 0.404. The van der Waals surface area contributed by atoms with E-state index < -0.39 is 0 Å². The molecular weight excluding hydrogens is 260 g/mol. The first-order valence-corrected chi connectivity index (χ1v) is 6.80. The highest BCUT2D eigenvalue weighted by Crippen LogP contribution is 2.22. The van der Waals surface area contributed by atoms with Gasteiger partial charge in [-0.2, -0.15) is 0 Å². The van der Waals surface area contributed by atoms with Crippen LogP contribution in [0.2, 0.25) is 5.02 Å². The van der Waals surface area contributed by atoms with Crippen LogP contribution in [0.25, 0.3) is 5.69 Å². The third-order valence-corrected chi connectivity index (χ3v) is 3.27. The smallest absolute Gasteiger partial charge is 0.0999 e. The van der Waals surface area contributed by atoms with Gasteiger partial charge in [0.2, 0.25) is 0 Å². The van der Waals surface area contributed by atoms with Crippen LogP contribution in [0.5, 0.6) is 0 Å². The summed E-state index contributed by atoms with van der Waals surface area (Å²) >= 11 is 6.08. The molecule has 0 saturated carbocycles. The van der Waals surface area contributed by atoms with Crippen LogP contribution in [0.3, 0.4) is 0 Å². The maximum atomic E-state index is 6.08. The van der Waals surface area contributed by atoms with Crippen molar-refractivity contribution < 1.29 is 0 Å². The molecule has 0 unspecified atom stereocenters. The Morgan fingerprint density at radius 3 is 2.74 bits per heavy atom. The van der Waals surface area contributed by atoms with Crippen LogP contribution < -0.4 is 5.73 Å². The summed E-state index contributed by atoms with van der Waals surface area (Å²) in [7, 11) is 0. The summed E-state index contributed by atoms with van der Waals surface area (Å²) < 4.78 is 1.86. The molecule has 4 nitrogen and oxygen atoms in total. The maximum absolute atomic E-state index is 6.08. The van der Waals surface area contributed by atoms with E-state index in [9.17, 15) is 0 Å². The first-order chi connectivity index (χ1) is 9.02. The van der Waals surface area contributed by atoms with Crippen LogP contribution in [0.4, 0.5) is 0 Å². The Morgan fingerprint density at radius 1 is 1.37 bits per heavy atom. The van der Waals surface area contributed by atoms with Gasteiger partial charge in [0.05, 0.1) is 17.1 Å². The SMILES string of the molecule is Cc1ccc(Cl)cc1-n1nnc(CN)c1CC(C)C. The van der Waals surface area contributed by atoms with Crippen molar-refractivity contribution in [3.05, 3.63) is 40.2 Å². The molecule has 0 radical (unpaired) electrons. The normalized spacial score (nSPS) is 11.3. The summed E-state index contributed by atoms with van der Waals surface area (Å²) in [6, 6.07) is 5.78. The van der Waals surface area contributed by atoms with E-state index in [0.29, 0.717) is 17.5 Å². The van der Waals surface area contributed by atoms with E-state index >= 15 is 0 Å². The number of hydrogen-bond acceptors (Lipinski definition) is 3. The van der Waals surface area contributed by atoms with Gasteiger partial charge in [0.25, 0.3) is 0 Å².